The van der Waals surface area contributed by atoms with E-state index in [0.717, 1.165) is 23.3 Å². The van der Waals surface area contributed by atoms with Gasteiger partial charge in [0.1, 0.15) is 17.4 Å². The van der Waals surface area contributed by atoms with Crippen molar-refractivity contribution in [2.75, 3.05) is 6.54 Å². The first-order chi connectivity index (χ1) is 14.8. The number of amidine groups is 1. The fraction of sp³-hybridized carbons (Fsp3) is 0.0909. The average molecular weight is 431 g/mol. The van der Waals surface area contributed by atoms with Crippen molar-refractivity contribution in [1.29, 1.82) is 0 Å². The number of aliphatic imine (C=N–C) groups is 1. The summed E-state index contributed by atoms with van der Waals surface area (Å²) in [4.78, 5) is 4.19. The van der Waals surface area contributed by atoms with Crippen molar-refractivity contribution < 1.29 is 26.7 Å². The SMILES string of the molecule is Fc1cccc(F)c1C1=NCC(c2ccc(-c3ccc(OC(F)(F)F)cc3)cc2)=NN1. The van der Waals surface area contributed by atoms with E-state index in [0.29, 0.717) is 11.3 Å². The minimum Gasteiger partial charge on any atom is -0.406 e. The highest BCUT2D eigenvalue weighted by Gasteiger charge is 2.31. The molecule has 0 aliphatic carbocycles. The van der Waals surface area contributed by atoms with E-state index < -0.39 is 18.0 Å². The first-order valence-electron chi connectivity index (χ1n) is 9.08. The normalized spacial score (nSPS) is 13.8. The van der Waals surface area contributed by atoms with Gasteiger partial charge in [0.2, 0.25) is 0 Å². The van der Waals surface area contributed by atoms with Gasteiger partial charge in [0, 0.05) is 0 Å². The van der Waals surface area contributed by atoms with Crippen LogP contribution in [-0.4, -0.2) is 24.5 Å². The van der Waals surface area contributed by atoms with E-state index in [-0.39, 0.29) is 23.7 Å². The third-order valence-electron chi connectivity index (χ3n) is 4.52. The molecule has 1 N–H and O–H groups in total. The number of hydrogen-bond acceptors (Lipinski definition) is 4. The minimum atomic E-state index is -4.74. The second-order valence-electron chi connectivity index (χ2n) is 6.58. The maximum atomic E-state index is 13.9. The zero-order valence-corrected chi connectivity index (χ0v) is 15.8. The van der Waals surface area contributed by atoms with Crippen molar-refractivity contribution in [3.8, 4) is 16.9 Å². The topological polar surface area (TPSA) is 46.0 Å². The number of hydrazone groups is 1. The molecule has 0 spiro atoms. The van der Waals surface area contributed by atoms with Crippen LogP contribution < -0.4 is 10.2 Å². The molecule has 9 heteroatoms. The molecule has 31 heavy (non-hydrogen) atoms. The number of benzene rings is 3. The molecule has 1 aliphatic rings. The van der Waals surface area contributed by atoms with Crippen LogP contribution in [0.1, 0.15) is 11.1 Å². The van der Waals surface area contributed by atoms with Gasteiger partial charge in [0.15, 0.2) is 5.84 Å². The Labute approximate surface area is 173 Å². The quantitative estimate of drug-likeness (QED) is 0.571. The number of alkyl halides is 3. The molecule has 0 atom stereocenters. The Morgan fingerprint density at radius 1 is 0.774 bits per heavy atom. The Bertz CT molecular complexity index is 1130. The fourth-order valence-electron chi connectivity index (χ4n) is 3.06. The average Bonchev–Trinajstić information content (AvgIpc) is 2.74. The number of hydrogen-bond donors (Lipinski definition) is 1. The number of nitrogens with zero attached hydrogens (tertiary/aromatic N) is 2. The summed E-state index contributed by atoms with van der Waals surface area (Å²) in [6.07, 6.45) is -4.74. The molecule has 0 radical (unpaired) electrons. The molecule has 0 unspecified atom stereocenters. The third-order valence-corrected chi connectivity index (χ3v) is 4.52. The van der Waals surface area contributed by atoms with E-state index in [4.69, 9.17) is 0 Å². The lowest BCUT2D eigenvalue weighted by Gasteiger charge is -2.15. The van der Waals surface area contributed by atoms with Crippen molar-refractivity contribution >= 4 is 11.5 Å². The summed E-state index contributed by atoms with van der Waals surface area (Å²) in [5.41, 5.74) is 5.13. The van der Waals surface area contributed by atoms with E-state index >= 15 is 0 Å². The first kappa shape index (κ1) is 20.5. The van der Waals surface area contributed by atoms with Gasteiger partial charge in [-0.3, -0.25) is 10.4 Å². The smallest absolute Gasteiger partial charge is 0.406 e. The lowest BCUT2D eigenvalue weighted by Crippen LogP contribution is -2.29. The molecule has 1 aliphatic heterocycles. The number of halogens is 5. The van der Waals surface area contributed by atoms with Gasteiger partial charge in [0.05, 0.1) is 17.8 Å². The monoisotopic (exact) mass is 431 g/mol. The van der Waals surface area contributed by atoms with Gasteiger partial charge in [-0.1, -0.05) is 42.5 Å². The van der Waals surface area contributed by atoms with Crippen molar-refractivity contribution in [1.82, 2.24) is 5.43 Å². The summed E-state index contributed by atoms with van der Waals surface area (Å²) in [6.45, 7) is 0.124. The Morgan fingerprint density at radius 3 is 1.84 bits per heavy atom. The highest BCUT2D eigenvalue weighted by molar-refractivity contribution is 6.08. The largest absolute Gasteiger partial charge is 0.573 e. The highest BCUT2D eigenvalue weighted by atomic mass is 19.4. The molecular formula is C22H14F5N3O. The van der Waals surface area contributed by atoms with Gasteiger partial charge in [-0.05, 0) is 41.0 Å². The summed E-state index contributed by atoms with van der Waals surface area (Å²) < 4.78 is 68.4. The molecule has 158 valence electrons. The van der Waals surface area contributed by atoms with Crippen LogP contribution >= 0.6 is 0 Å². The summed E-state index contributed by atoms with van der Waals surface area (Å²) >= 11 is 0. The zero-order valence-electron chi connectivity index (χ0n) is 15.8. The van der Waals surface area contributed by atoms with Crippen LogP contribution in [0.4, 0.5) is 22.0 Å². The Hall–Kier alpha value is -3.75. The van der Waals surface area contributed by atoms with Crippen molar-refractivity contribution in [3.05, 3.63) is 89.5 Å². The second kappa shape index (κ2) is 8.17. The number of ether oxygens (including phenoxy) is 1. The maximum Gasteiger partial charge on any atom is 0.573 e. The standard InChI is InChI=1S/C22H14F5N3O/c23-17-2-1-3-18(24)20(17)21-28-12-19(29-30-21)15-6-4-13(5-7-15)14-8-10-16(11-9-14)31-22(25,26)27/h1-11H,12H2,(H,28,30). The molecule has 0 amide bonds. The molecular weight excluding hydrogens is 417 g/mol. The van der Waals surface area contributed by atoms with Crippen LogP contribution in [0.2, 0.25) is 0 Å². The van der Waals surface area contributed by atoms with Crippen LogP contribution in [-0.2, 0) is 0 Å². The van der Waals surface area contributed by atoms with Gasteiger partial charge in [-0.25, -0.2) is 8.78 Å². The van der Waals surface area contributed by atoms with Gasteiger partial charge in [-0.2, -0.15) is 5.10 Å². The van der Waals surface area contributed by atoms with Gasteiger partial charge < -0.3 is 4.74 Å². The van der Waals surface area contributed by atoms with Crippen LogP contribution in [0.25, 0.3) is 11.1 Å². The van der Waals surface area contributed by atoms with Crippen LogP contribution in [0.3, 0.4) is 0 Å². The lowest BCUT2D eigenvalue weighted by molar-refractivity contribution is -0.274. The Kier molecular flexibility index (Phi) is 5.41. The van der Waals surface area contributed by atoms with E-state index in [9.17, 15) is 22.0 Å². The third kappa shape index (κ3) is 4.71. The van der Waals surface area contributed by atoms with Gasteiger partial charge >= 0.3 is 6.36 Å². The van der Waals surface area contributed by atoms with Gasteiger partial charge in [-0.15, -0.1) is 13.2 Å². The molecule has 0 saturated carbocycles. The van der Waals surface area contributed by atoms with Crippen molar-refractivity contribution in [2.45, 2.75) is 6.36 Å². The lowest BCUT2D eigenvalue weighted by atomic mass is 10.0. The van der Waals surface area contributed by atoms with Crippen molar-refractivity contribution in [2.24, 2.45) is 10.1 Å². The second-order valence-corrected chi connectivity index (χ2v) is 6.58. The van der Waals surface area contributed by atoms with Crippen molar-refractivity contribution in [3.63, 3.8) is 0 Å². The number of rotatable bonds is 4. The predicted molar refractivity (Wildman–Crippen MR) is 106 cm³/mol. The molecule has 3 aromatic rings. The van der Waals surface area contributed by atoms with Gasteiger partial charge in [0.25, 0.3) is 0 Å². The molecule has 1 heterocycles. The predicted octanol–water partition coefficient (Wildman–Crippen LogP) is 5.28. The summed E-state index contributed by atoms with van der Waals surface area (Å²) in [5, 5.41) is 4.17. The molecule has 4 nitrogen and oxygen atoms in total. The number of nitrogens with one attached hydrogen (secondary N) is 1. The zero-order chi connectivity index (χ0) is 22.0. The van der Waals surface area contributed by atoms with Crippen LogP contribution in [0.15, 0.2) is 76.8 Å². The Balaban J connectivity index is 1.46. The first-order valence-corrected chi connectivity index (χ1v) is 9.08. The molecule has 3 aromatic carbocycles. The summed E-state index contributed by atoms with van der Waals surface area (Å²) in [5.74, 6) is -1.76. The molecule has 0 fully saturated rings. The molecule has 0 saturated heterocycles. The van der Waals surface area contributed by atoms with E-state index in [1.54, 1.807) is 24.3 Å². The fourth-order valence-corrected chi connectivity index (χ4v) is 3.06. The minimum absolute atomic E-state index is 0.0112. The Morgan fingerprint density at radius 2 is 1.32 bits per heavy atom. The van der Waals surface area contributed by atoms with E-state index in [1.165, 1.54) is 30.3 Å². The summed E-state index contributed by atoms with van der Waals surface area (Å²) in [6, 6.07) is 16.2. The van der Waals surface area contributed by atoms with E-state index in [2.05, 4.69) is 20.3 Å². The van der Waals surface area contributed by atoms with Crippen LogP contribution in [0, 0.1) is 11.6 Å². The van der Waals surface area contributed by atoms with Crippen LogP contribution in [0.5, 0.6) is 5.75 Å². The molecule has 0 aromatic heterocycles. The molecule has 4 rings (SSSR count). The van der Waals surface area contributed by atoms with E-state index in [1.807, 2.05) is 0 Å². The summed E-state index contributed by atoms with van der Waals surface area (Å²) in [7, 11) is 0. The molecule has 0 bridgehead atoms. The highest BCUT2D eigenvalue weighted by Crippen LogP contribution is 2.27. The maximum absolute atomic E-state index is 13.9.